The third-order valence-corrected chi connectivity index (χ3v) is 13.9. The minimum Gasteiger partial charge on any atom is -0.361 e. The van der Waals surface area contributed by atoms with Crippen molar-refractivity contribution in [2.24, 2.45) is 4.99 Å². The molecule has 320 valence electrons. The quantitative estimate of drug-likeness (QED) is 0.0618. The highest BCUT2D eigenvalue weighted by Gasteiger charge is 2.36. The van der Waals surface area contributed by atoms with Crippen molar-refractivity contribution in [3.8, 4) is 11.1 Å². The van der Waals surface area contributed by atoms with Crippen molar-refractivity contribution >= 4 is 36.5 Å². The number of carbonyl (C=O) groups excluding carboxylic acids is 1. The van der Waals surface area contributed by atoms with E-state index in [9.17, 15) is 8.78 Å². The molecule has 4 heterocycles. The zero-order valence-corrected chi connectivity index (χ0v) is 37.3. The fraction of sp³-hybridized carbons (Fsp3) is 0.288. The molecule has 0 radical (unpaired) electrons. The molecular formula is C52H52F2N6O2Si. The number of pyridine rings is 3. The predicted molar refractivity (Wildman–Crippen MR) is 248 cm³/mol. The van der Waals surface area contributed by atoms with Crippen LogP contribution in [0.1, 0.15) is 87.3 Å². The zero-order chi connectivity index (χ0) is 43.7. The number of aryl methyl sites for hydroxylation is 1. The van der Waals surface area contributed by atoms with Gasteiger partial charge in [0.05, 0.1) is 46.3 Å². The van der Waals surface area contributed by atoms with Crippen LogP contribution in [0.15, 0.2) is 127 Å². The smallest absolute Gasteiger partial charge is 0.271 e. The first-order chi connectivity index (χ1) is 30.5. The van der Waals surface area contributed by atoms with E-state index in [4.69, 9.17) is 24.7 Å². The van der Waals surface area contributed by atoms with E-state index in [0.29, 0.717) is 40.8 Å². The molecule has 1 amide bonds. The fourth-order valence-corrected chi connectivity index (χ4v) is 9.43. The van der Waals surface area contributed by atoms with Crippen molar-refractivity contribution in [2.45, 2.75) is 89.9 Å². The minimum atomic E-state index is -1.41. The average Bonchev–Trinajstić information content (AvgIpc) is 4.08. The highest BCUT2D eigenvalue weighted by Crippen LogP contribution is 2.46. The van der Waals surface area contributed by atoms with Crippen LogP contribution in [0.25, 0.3) is 22.2 Å². The molecule has 4 aromatic heterocycles. The number of aromatic nitrogens is 4. The van der Waals surface area contributed by atoms with Crippen LogP contribution in [0, 0.1) is 18.6 Å². The zero-order valence-electron chi connectivity index (χ0n) is 36.3. The Bertz CT molecular complexity index is 2740. The third kappa shape index (κ3) is 9.17. The number of halogens is 2. The van der Waals surface area contributed by atoms with Gasteiger partial charge in [0.1, 0.15) is 24.1 Å². The van der Waals surface area contributed by atoms with Gasteiger partial charge in [-0.2, -0.15) is 0 Å². The van der Waals surface area contributed by atoms with E-state index in [2.05, 4.69) is 31.8 Å². The van der Waals surface area contributed by atoms with Crippen LogP contribution in [0.5, 0.6) is 0 Å². The summed E-state index contributed by atoms with van der Waals surface area (Å²) in [5, 5.41) is 0. The van der Waals surface area contributed by atoms with Crippen LogP contribution >= 0.6 is 0 Å². The third-order valence-electron chi connectivity index (χ3n) is 12.2. The summed E-state index contributed by atoms with van der Waals surface area (Å²) in [5.41, 5.74) is 9.73. The molecule has 7 aromatic rings. The maximum Gasteiger partial charge on any atom is 0.271 e. The number of benzene rings is 3. The first kappa shape index (κ1) is 42.1. The van der Waals surface area contributed by atoms with Crippen molar-refractivity contribution in [1.29, 1.82) is 0 Å². The van der Waals surface area contributed by atoms with Crippen molar-refractivity contribution in [1.82, 2.24) is 24.4 Å². The molecule has 11 heteroatoms. The lowest BCUT2D eigenvalue weighted by atomic mass is 9.86. The minimum absolute atomic E-state index is 0.132. The van der Waals surface area contributed by atoms with Gasteiger partial charge in [0.2, 0.25) is 0 Å². The van der Waals surface area contributed by atoms with E-state index in [-0.39, 0.29) is 30.8 Å². The summed E-state index contributed by atoms with van der Waals surface area (Å²) >= 11 is 0. The number of nitrogens with zero attached hydrogens (tertiary/aromatic N) is 6. The molecule has 0 spiro atoms. The van der Waals surface area contributed by atoms with Crippen molar-refractivity contribution in [3.63, 3.8) is 0 Å². The van der Waals surface area contributed by atoms with Gasteiger partial charge in [-0.25, -0.2) is 18.8 Å². The summed E-state index contributed by atoms with van der Waals surface area (Å²) in [5.74, 6) is -0.435. The molecule has 3 aromatic carbocycles. The monoisotopic (exact) mass is 858 g/mol. The molecule has 1 fully saturated rings. The number of carbonyl (C=O) groups is 1. The van der Waals surface area contributed by atoms with Gasteiger partial charge in [-0.1, -0.05) is 92.4 Å². The molecular weight excluding hydrogens is 807 g/mol. The average molecular weight is 859 g/mol. The summed E-state index contributed by atoms with van der Waals surface area (Å²) in [4.78, 5) is 37.6. The summed E-state index contributed by atoms with van der Waals surface area (Å²) in [6.07, 6.45) is 8.25. The van der Waals surface area contributed by atoms with Crippen LogP contribution in [0.4, 0.5) is 14.6 Å². The second-order valence-corrected chi connectivity index (χ2v) is 23.7. The number of rotatable bonds is 14. The van der Waals surface area contributed by atoms with Gasteiger partial charge < -0.3 is 14.2 Å². The lowest BCUT2D eigenvalue weighted by molar-refractivity contribution is 0.0575. The predicted octanol–water partition coefficient (Wildman–Crippen LogP) is 12.2. The largest absolute Gasteiger partial charge is 0.361 e. The number of fused-ring (bicyclic) bond motifs is 2. The van der Waals surface area contributed by atoms with Crippen molar-refractivity contribution in [3.05, 3.63) is 178 Å². The molecule has 0 bridgehead atoms. The molecule has 0 N–H and O–H groups in total. The van der Waals surface area contributed by atoms with E-state index >= 15 is 4.79 Å². The van der Waals surface area contributed by atoms with E-state index < -0.39 is 19.7 Å². The number of amides is 1. The Morgan fingerprint density at radius 2 is 1.59 bits per heavy atom. The number of hydrogen-bond donors (Lipinski definition) is 0. The Balaban J connectivity index is 1.15. The highest BCUT2D eigenvalue weighted by atomic mass is 28.3. The lowest BCUT2D eigenvalue weighted by Crippen LogP contribution is -2.38. The van der Waals surface area contributed by atoms with Crippen LogP contribution in [0.2, 0.25) is 25.7 Å². The maximum absolute atomic E-state index is 15.6. The molecule has 2 aliphatic carbocycles. The summed E-state index contributed by atoms with van der Waals surface area (Å²) in [6, 6.07) is 34.1. The van der Waals surface area contributed by atoms with Crippen LogP contribution < -0.4 is 0 Å². The van der Waals surface area contributed by atoms with E-state index in [0.717, 1.165) is 71.8 Å². The molecule has 63 heavy (non-hydrogen) atoms. The number of aliphatic imine (C=N–C) groups is 1. The van der Waals surface area contributed by atoms with Crippen LogP contribution in [-0.2, 0) is 24.4 Å². The van der Waals surface area contributed by atoms with Gasteiger partial charge >= 0.3 is 0 Å². The van der Waals surface area contributed by atoms with Crippen LogP contribution in [-0.4, -0.2) is 50.7 Å². The molecule has 8 nitrogen and oxygen atoms in total. The fourth-order valence-electron chi connectivity index (χ4n) is 8.68. The SMILES string of the molecule is Cc1cc2c(cc(C(=O)N(Cc3ccc(-c4c(F)cccc4F)cn3)C3CCCc4c(C5CC5)ccnc43)n2COCC[Si](C)(C)C)nc1N=C(c1ccccc1)c1ccccc1. The Kier molecular flexibility index (Phi) is 12.0. The van der Waals surface area contributed by atoms with Crippen molar-refractivity contribution in [2.75, 3.05) is 6.61 Å². The van der Waals surface area contributed by atoms with Gasteiger partial charge in [0.15, 0.2) is 5.82 Å². The second kappa shape index (κ2) is 17.9. The molecule has 1 saturated carbocycles. The van der Waals surface area contributed by atoms with Crippen molar-refractivity contribution < 1.29 is 18.3 Å². The van der Waals surface area contributed by atoms with Gasteiger partial charge in [-0.15, -0.1) is 0 Å². The molecule has 9 rings (SSSR count). The molecule has 2 aliphatic rings. The van der Waals surface area contributed by atoms with E-state index in [1.165, 1.54) is 35.5 Å². The first-order valence-corrected chi connectivity index (χ1v) is 25.7. The summed E-state index contributed by atoms with van der Waals surface area (Å²) in [7, 11) is -1.41. The second-order valence-electron chi connectivity index (χ2n) is 18.0. The normalized spacial score (nSPS) is 15.0. The first-order valence-electron chi connectivity index (χ1n) is 22.0. The van der Waals surface area contributed by atoms with Crippen LogP contribution in [0.3, 0.4) is 0 Å². The molecule has 1 unspecified atom stereocenters. The summed E-state index contributed by atoms with van der Waals surface area (Å²) < 4.78 is 38.0. The van der Waals surface area contributed by atoms with Gasteiger partial charge in [0.25, 0.3) is 5.91 Å². The highest BCUT2D eigenvalue weighted by molar-refractivity contribution is 6.76. The Labute approximate surface area is 368 Å². The standard InChI is InChI=1S/C52H52F2N6O2Si/c1-34-29-46-44(57-51(34)58-49(36-13-7-5-8-14-36)37-15-9-6-10-16-37)30-47(60(46)33-62-27-28-63(2,3)4)52(61)59(45-20-11-17-41-40(35-21-22-35)25-26-55-50(41)45)32-39-24-23-38(31-56-39)48-42(53)18-12-19-43(48)54/h5-10,12-16,18-19,23-26,29-31,35,45H,11,17,20-22,27-28,32-33H2,1-4H3. The Morgan fingerprint density at radius 1 is 0.873 bits per heavy atom. The Hall–Kier alpha value is -6.17. The number of ether oxygens (including phenoxy) is 1. The molecule has 0 saturated heterocycles. The number of hydrogen-bond acceptors (Lipinski definition) is 6. The van der Waals surface area contributed by atoms with Gasteiger partial charge in [-0.3, -0.25) is 14.8 Å². The molecule has 0 aliphatic heterocycles. The topological polar surface area (TPSA) is 85.5 Å². The lowest BCUT2D eigenvalue weighted by Gasteiger charge is -2.36. The summed E-state index contributed by atoms with van der Waals surface area (Å²) in [6.45, 7) is 9.85. The van der Waals surface area contributed by atoms with Gasteiger partial charge in [0, 0.05) is 43.8 Å². The Morgan fingerprint density at radius 3 is 2.24 bits per heavy atom. The molecule has 1 atom stereocenters. The van der Waals surface area contributed by atoms with E-state index in [1.54, 1.807) is 12.1 Å². The maximum atomic E-state index is 15.6. The van der Waals surface area contributed by atoms with Gasteiger partial charge in [-0.05, 0) is 104 Å². The van der Waals surface area contributed by atoms with E-state index in [1.807, 2.05) is 89.3 Å².